The van der Waals surface area contributed by atoms with Gasteiger partial charge in [0.05, 0.1) is 11.1 Å². The molecule has 3 aromatic carbocycles. The number of rotatable bonds is 8. The van der Waals surface area contributed by atoms with Gasteiger partial charge in [0.15, 0.2) is 0 Å². The second-order valence-electron chi connectivity index (χ2n) is 8.49. The van der Waals surface area contributed by atoms with Crippen LogP contribution in [0.1, 0.15) is 47.8 Å². The number of fused-ring (bicyclic) bond motifs is 1. The van der Waals surface area contributed by atoms with Crippen molar-refractivity contribution in [2.45, 2.75) is 19.5 Å². The molecule has 0 aromatic heterocycles. The van der Waals surface area contributed by atoms with Crippen LogP contribution in [0.3, 0.4) is 0 Å². The lowest BCUT2D eigenvalue weighted by atomic mass is 10.1. The van der Waals surface area contributed by atoms with E-state index in [2.05, 4.69) is 10.2 Å². The molecule has 3 amide bonds. The molecule has 1 aliphatic heterocycles. The molecule has 6 heteroatoms. The highest BCUT2D eigenvalue weighted by molar-refractivity contribution is 6.22. The topological polar surface area (TPSA) is 69.7 Å². The van der Waals surface area contributed by atoms with Gasteiger partial charge in [-0.1, -0.05) is 54.6 Å². The lowest BCUT2D eigenvalue weighted by Crippen LogP contribution is -2.31. The van der Waals surface area contributed by atoms with E-state index < -0.39 is 0 Å². The average Bonchev–Trinajstić information content (AvgIpc) is 3.06. The normalized spacial score (nSPS) is 12.9. The Bertz CT molecular complexity index is 1170. The predicted molar refractivity (Wildman–Crippen MR) is 127 cm³/mol. The molecule has 168 valence electrons. The summed E-state index contributed by atoms with van der Waals surface area (Å²) in [6, 6.07) is 22.5. The fourth-order valence-electron chi connectivity index (χ4n) is 3.93. The van der Waals surface area contributed by atoms with Gasteiger partial charge in [0.25, 0.3) is 17.7 Å². The maximum Gasteiger partial charge on any atom is 0.261 e. The van der Waals surface area contributed by atoms with Gasteiger partial charge in [-0.25, -0.2) is 0 Å². The average molecular weight is 442 g/mol. The lowest BCUT2D eigenvalue weighted by molar-refractivity contribution is 0.0656. The first kappa shape index (κ1) is 22.4. The number of hydrogen-bond donors (Lipinski definition) is 1. The third-order valence-corrected chi connectivity index (χ3v) is 5.67. The zero-order valence-corrected chi connectivity index (χ0v) is 18.9. The van der Waals surface area contributed by atoms with Crippen molar-refractivity contribution in [3.8, 4) is 0 Å². The highest BCUT2D eigenvalue weighted by atomic mass is 16.2. The first-order valence-corrected chi connectivity index (χ1v) is 11.0. The van der Waals surface area contributed by atoms with E-state index >= 15 is 0 Å². The summed E-state index contributed by atoms with van der Waals surface area (Å²) in [6.07, 6.45) is 0.590. The first-order valence-electron chi connectivity index (χ1n) is 11.0. The molecule has 0 spiro atoms. The van der Waals surface area contributed by atoms with Crippen molar-refractivity contribution in [3.05, 3.63) is 106 Å². The third-order valence-electron chi connectivity index (χ3n) is 5.67. The van der Waals surface area contributed by atoms with Gasteiger partial charge in [-0.15, -0.1) is 0 Å². The molecule has 1 heterocycles. The highest BCUT2D eigenvalue weighted by Gasteiger charge is 2.35. The van der Waals surface area contributed by atoms with Crippen LogP contribution in [0.5, 0.6) is 0 Å². The van der Waals surface area contributed by atoms with E-state index in [1.807, 2.05) is 68.7 Å². The molecule has 0 bridgehead atoms. The van der Waals surface area contributed by atoms with Crippen LogP contribution in [-0.2, 0) is 19.5 Å². The molecule has 0 saturated heterocycles. The van der Waals surface area contributed by atoms with Gasteiger partial charge in [0.2, 0.25) is 0 Å². The smallest absolute Gasteiger partial charge is 0.261 e. The summed E-state index contributed by atoms with van der Waals surface area (Å²) in [5.41, 5.74) is 4.25. The minimum atomic E-state index is -0.350. The van der Waals surface area contributed by atoms with E-state index in [1.165, 1.54) is 16.5 Å². The second-order valence-corrected chi connectivity index (χ2v) is 8.49. The minimum absolute atomic E-state index is 0.279. The van der Waals surface area contributed by atoms with Crippen LogP contribution in [0.4, 0.5) is 0 Å². The van der Waals surface area contributed by atoms with Gasteiger partial charge < -0.3 is 10.2 Å². The quantitative estimate of drug-likeness (QED) is 0.543. The second kappa shape index (κ2) is 9.79. The Morgan fingerprint density at radius 3 is 2.18 bits per heavy atom. The lowest BCUT2D eigenvalue weighted by Gasteiger charge is -2.13. The number of amides is 3. The van der Waals surface area contributed by atoms with Crippen molar-refractivity contribution >= 4 is 17.7 Å². The molecule has 0 saturated carbocycles. The fourth-order valence-corrected chi connectivity index (χ4v) is 3.93. The Morgan fingerprint density at radius 1 is 0.818 bits per heavy atom. The zero-order chi connectivity index (χ0) is 23.4. The van der Waals surface area contributed by atoms with Gasteiger partial charge in [-0.3, -0.25) is 19.3 Å². The summed E-state index contributed by atoms with van der Waals surface area (Å²) in [5, 5.41) is 2.89. The number of hydrogen-bond acceptors (Lipinski definition) is 4. The van der Waals surface area contributed by atoms with Crippen LogP contribution in [0.15, 0.2) is 72.8 Å². The largest absolute Gasteiger partial charge is 0.348 e. The molecule has 0 radical (unpaired) electrons. The van der Waals surface area contributed by atoms with E-state index in [9.17, 15) is 14.4 Å². The van der Waals surface area contributed by atoms with Crippen molar-refractivity contribution in [2.75, 3.05) is 20.6 Å². The first-order chi connectivity index (χ1) is 15.9. The Labute approximate surface area is 193 Å². The molecular formula is C27H27N3O3. The van der Waals surface area contributed by atoms with Crippen molar-refractivity contribution in [1.29, 1.82) is 0 Å². The molecule has 0 aliphatic carbocycles. The monoisotopic (exact) mass is 441 g/mol. The maximum absolute atomic E-state index is 12.9. The number of carbonyl (C=O) groups is 3. The standard InChI is InChI=1S/C27H27N3O3/c1-29(2)18-21-10-8-20(9-11-21)17-28-25(31)22-12-13-23-24(16-22)27(33)30(26(23)32)15-14-19-6-4-3-5-7-19/h3-13,16H,14-15,17-18H2,1-2H3,(H,28,31). The summed E-state index contributed by atoms with van der Waals surface area (Å²) < 4.78 is 0. The van der Waals surface area contributed by atoms with E-state index in [0.29, 0.717) is 30.6 Å². The van der Waals surface area contributed by atoms with E-state index in [4.69, 9.17) is 0 Å². The number of imide groups is 1. The van der Waals surface area contributed by atoms with Crippen LogP contribution in [-0.4, -0.2) is 48.2 Å². The fraction of sp³-hybridized carbons (Fsp3) is 0.222. The molecule has 1 aliphatic rings. The SMILES string of the molecule is CN(C)Cc1ccc(CNC(=O)c2ccc3c(c2)C(=O)N(CCc2ccccc2)C3=O)cc1. The molecular weight excluding hydrogens is 414 g/mol. The number of nitrogens with zero attached hydrogens (tertiary/aromatic N) is 2. The zero-order valence-electron chi connectivity index (χ0n) is 18.9. The number of carbonyl (C=O) groups excluding carboxylic acids is 3. The van der Waals surface area contributed by atoms with Gasteiger partial charge in [0, 0.05) is 25.2 Å². The van der Waals surface area contributed by atoms with Crippen LogP contribution in [0, 0.1) is 0 Å². The van der Waals surface area contributed by atoms with Crippen LogP contribution in [0.25, 0.3) is 0 Å². The van der Waals surface area contributed by atoms with Gasteiger partial charge in [0.1, 0.15) is 0 Å². The minimum Gasteiger partial charge on any atom is -0.348 e. The summed E-state index contributed by atoms with van der Waals surface area (Å²) in [7, 11) is 4.04. The van der Waals surface area contributed by atoms with E-state index in [0.717, 1.165) is 17.7 Å². The number of nitrogens with one attached hydrogen (secondary N) is 1. The molecule has 1 N–H and O–H groups in total. The van der Waals surface area contributed by atoms with Crippen molar-refractivity contribution in [1.82, 2.24) is 15.1 Å². The van der Waals surface area contributed by atoms with Crippen molar-refractivity contribution in [2.24, 2.45) is 0 Å². The molecule has 0 unspecified atom stereocenters. The Balaban J connectivity index is 1.39. The number of benzene rings is 3. The summed E-state index contributed by atoms with van der Waals surface area (Å²) in [6.45, 7) is 1.55. The van der Waals surface area contributed by atoms with Crippen molar-refractivity contribution < 1.29 is 14.4 Å². The Hall–Kier alpha value is -3.77. The molecule has 3 aromatic rings. The molecule has 33 heavy (non-hydrogen) atoms. The third kappa shape index (κ3) is 5.18. The summed E-state index contributed by atoms with van der Waals surface area (Å²) >= 11 is 0. The highest BCUT2D eigenvalue weighted by Crippen LogP contribution is 2.24. The Morgan fingerprint density at radius 2 is 1.48 bits per heavy atom. The predicted octanol–water partition coefficient (Wildman–Crippen LogP) is 3.52. The van der Waals surface area contributed by atoms with Crippen LogP contribution in [0.2, 0.25) is 0 Å². The summed E-state index contributed by atoms with van der Waals surface area (Å²) in [4.78, 5) is 41.6. The maximum atomic E-state index is 12.9. The van der Waals surface area contributed by atoms with Gasteiger partial charge in [-0.05, 0) is 55.4 Å². The molecule has 4 rings (SSSR count). The van der Waals surface area contributed by atoms with Crippen LogP contribution >= 0.6 is 0 Å². The van der Waals surface area contributed by atoms with Gasteiger partial charge >= 0.3 is 0 Å². The van der Waals surface area contributed by atoms with Gasteiger partial charge in [-0.2, -0.15) is 0 Å². The molecule has 0 fully saturated rings. The Kier molecular flexibility index (Phi) is 6.66. The van der Waals surface area contributed by atoms with Crippen LogP contribution < -0.4 is 5.32 Å². The molecule has 0 atom stereocenters. The molecule has 6 nitrogen and oxygen atoms in total. The summed E-state index contributed by atoms with van der Waals surface area (Å²) in [5.74, 6) is -0.939. The van der Waals surface area contributed by atoms with Crippen molar-refractivity contribution in [3.63, 3.8) is 0 Å². The van der Waals surface area contributed by atoms with E-state index in [-0.39, 0.29) is 23.3 Å². The van der Waals surface area contributed by atoms with E-state index in [1.54, 1.807) is 12.1 Å².